The molecule has 1 heterocycles. The number of carbonyl (C=O) groups excluding carboxylic acids is 1. The molecule has 1 aromatic carbocycles. The van der Waals surface area contributed by atoms with Gasteiger partial charge in [0.05, 0.1) is 27.4 Å². The molecule has 0 radical (unpaired) electrons. The smallest absolute Gasteiger partial charge is 0.336 e. The van der Waals surface area contributed by atoms with E-state index in [1.807, 2.05) is 24.3 Å². The molecule has 0 atom stereocenters. The molecule has 1 aliphatic rings. The maximum Gasteiger partial charge on any atom is 0.336 e. The van der Waals surface area contributed by atoms with Crippen LogP contribution in [0, 0.1) is 0 Å². The third kappa shape index (κ3) is 2.19. The van der Waals surface area contributed by atoms with Crippen LogP contribution in [0.5, 0.6) is 5.75 Å². The molecule has 0 bridgehead atoms. The highest BCUT2D eigenvalue weighted by atomic mass is 16.5. The summed E-state index contributed by atoms with van der Waals surface area (Å²) in [4.78, 5) is 11.7. The highest BCUT2D eigenvalue weighted by Crippen LogP contribution is 2.26. The van der Waals surface area contributed by atoms with Crippen LogP contribution in [0.4, 0.5) is 5.69 Å². The van der Waals surface area contributed by atoms with Crippen LogP contribution < -0.4 is 10.1 Å². The lowest BCUT2D eigenvalue weighted by Crippen LogP contribution is -2.62. The maximum atomic E-state index is 11.7. The van der Waals surface area contributed by atoms with Gasteiger partial charge in [0.15, 0.2) is 5.54 Å². The number of hydrogen-bond donors (Lipinski definition) is 1. The molecule has 0 saturated carbocycles. The second-order valence-corrected chi connectivity index (χ2v) is 3.92. The molecular weight excluding hydrogens is 222 g/mol. The van der Waals surface area contributed by atoms with Crippen LogP contribution in [0.2, 0.25) is 0 Å². The van der Waals surface area contributed by atoms with Gasteiger partial charge in [-0.05, 0) is 12.1 Å². The SMILES string of the molecule is COC(=O)C1(Nc2cccc(OC)c2)COC1. The summed E-state index contributed by atoms with van der Waals surface area (Å²) in [5, 5.41) is 3.14. The Labute approximate surface area is 99.7 Å². The van der Waals surface area contributed by atoms with E-state index >= 15 is 0 Å². The average Bonchev–Trinajstić information content (AvgIpc) is 2.33. The van der Waals surface area contributed by atoms with E-state index < -0.39 is 5.54 Å². The maximum absolute atomic E-state index is 11.7. The van der Waals surface area contributed by atoms with Crippen LogP contribution >= 0.6 is 0 Å². The van der Waals surface area contributed by atoms with Gasteiger partial charge in [-0.15, -0.1) is 0 Å². The van der Waals surface area contributed by atoms with E-state index in [1.54, 1.807) is 7.11 Å². The molecule has 1 aromatic rings. The zero-order valence-electron chi connectivity index (χ0n) is 9.86. The normalized spacial score (nSPS) is 16.8. The average molecular weight is 237 g/mol. The molecule has 5 heteroatoms. The summed E-state index contributed by atoms with van der Waals surface area (Å²) in [5.41, 5.74) is 0.0410. The van der Waals surface area contributed by atoms with Crippen molar-refractivity contribution in [3.63, 3.8) is 0 Å². The predicted octanol–water partition coefficient (Wildman–Crippen LogP) is 1.05. The largest absolute Gasteiger partial charge is 0.497 e. The van der Waals surface area contributed by atoms with E-state index in [-0.39, 0.29) is 5.97 Å². The number of benzene rings is 1. The van der Waals surface area contributed by atoms with E-state index in [0.29, 0.717) is 13.2 Å². The number of esters is 1. The van der Waals surface area contributed by atoms with Crippen LogP contribution in [0.25, 0.3) is 0 Å². The molecule has 92 valence electrons. The van der Waals surface area contributed by atoms with Crippen molar-refractivity contribution in [2.45, 2.75) is 5.54 Å². The van der Waals surface area contributed by atoms with Crippen molar-refractivity contribution in [1.29, 1.82) is 0 Å². The number of anilines is 1. The number of rotatable bonds is 4. The number of hydrogen-bond acceptors (Lipinski definition) is 5. The van der Waals surface area contributed by atoms with Crippen LogP contribution in [0.3, 0.4) is 0 Å². The van der Waals surface area contributed by atoms with Gasteiger partial charge in [-0.1, -0.05) is 6.07 Å². The van der Waals surface area contributed by atoms with Crippen molar-refractivity contribution in [1.82, 2.24) is 0 Å². The fourth-order valence-corrected chi connectivity index (χ4v) is 1.72. The van der Waals surface area contributed by atoms with E-state index in [9.17, 15) is 4.79 Å². The van der Waals surface area contributed by atoms with Gasteiger partial charge in [0, 0.05) is 11.8 Å². The lowest BCUT2D eigenvalue weighted by molar-refractivity contribution is -0.161. The quantitative estimate of drug-likeness (QED) is 0.793. The summed E-state index contributed by atoms with van der Waals surface area (Å²) in [5.74, 6) is 0.418. The molecule has 0 aromatic heterocycles. The third-order valence-corrected chi connectivity index (χ3v) is 2.73. The molecule has 1 aliphatic heterocycles. The summed E-state index contributed by atoms with van der Waals surface area (Å²) >= 11 is 0. The van der Waals surface area contributed by atoms with Crippen molar-refractivity contribution in [3.05, 3.63) is 24.3 Å². The zero-order chi connectivity index (χ0) is 12.3. The Morgan fingerprint density at radius 1 is 1.41 bits per heavy atom. The van der Waals surface area contributed by atoms with Gasteiger partial charge in [0.25, 0.3) is 0 Å². The number of methoxy groups -OCH3 is 2. The summed E-state index contributed by atoms with van der Waals surface area (Å²) in [7, 11) is 2.97. The predicted molar refractivity (Wildman–Crippen MR) is 62.2 cm³/mol. The van der Waals surface area contributed by atoms with Gasteiger partial charge in [-0.3, -0.25) is 0 Å². The first-order valence-corrected chi connectivity index (χ1v) is 5.28. The molecule has 0 amide bonds. The van der Waals surface area contributed by atoms with E-state index in [1.165, 1.54) is 7.11 Å². The Bertz CT molecular complexity index is 415. The second kappa shape index (κ2) is 4.63. The molecule has 1 fully saturated rings. The van der Waals surface area contributed by atoms with E-state index in [2.05, 4.69) is 5.32 Å². The van der Waals surface area contributed by atoms with E-state index in [0.717, 1.165) is 11.4 Å². The Morgan fingerprint density at radius 2 is 2.18 bits per heavy atom. The zero-order valence-corrected chi connectivity index (χ0v) is 9.86. The minimum atomic E-state index is -0.763. The third-order valence-electron chi connectivity index (χ3n) is 2.73. The molecule has 1 saturated heterocycles. The lowest BCUT2D eigenvalue weighted by atomic mass is 9.97. The van der Waals surface area contributed by atoms with Crippen LogP contribution in [0.1, 0.15) is 0 Å². The van der Waals surface area contributed by atoms with Gasteiger partial charge in [-0.2, -0.15) is 0 Å². The fourth-order valence-electron chi connectivity index (χ4n) is 1.72. The molecular formula is C12H15NO4. The summed E-state index contributed by atoms with van der Waals surface area (Å²) in [6.07, 6.45) is 0. The Hall–Kier alpha value is -1.75. The van der Waals surface area contributed by atoms with Crippen LogP contribution in [0.15, 0.2) is 24.3 Å². The fraction of sp³-hybridized carbons (Fsp3) is 0.417. The molecule has 2 rings (SSSR count). The first-order chi connectivity index (χ1) is 8.20. The Balaban J connectivity index is 2.15. The van der Waals surface area contributed by atoms with Crippen LogP contribution in [-0.2, 0) is 14.3 Å². The molecule has 0 aliphatic carbocycles. The summed E-state index contributed by atoms with van der Waals surface area (Å²) in [6, 6.07) is 7.38. The van der Waals surface area contributed by atoms with E-state index in [4.69, 9.17) is 14.2 Å². The second-order valence-electron chi connectivity index (χ2n) is 3.92. The molecule has 0 unspecified atom stereocenters. The van der Waals surface area contributed by atoms with Gasteiger partial charge in [-0.25, -0.2) is 4.79 Å². The first-order valence-electron chi connectivity index (χ1n) is 5.28. The number of ether oxygens (including phenoxy) is 3. The van der Waals surface area contributed by atoms with Gasteiger partial charge in [0.2, 0.25) is 0 Å². The standard InChI is InChI=1S/C12H15NO4/c1-15-10-5-3-4-9(6-10)13-12(7-17-8-12)11(14)16-2/h3-6,13H,7-8H2,1-2H3. The van der Waals surface area contributed by atoms with Gasteiger partial charge >= 0.3 is 5.97 Å². The van der Waals surface area contributed by atoms with Crippen molar-refractivity contribution >= 4 is 11.7 Å². The Kier molecular flexibility index (Phi) is 3.19. The highest BCUT2D eigenvalue weighted by Gasteiger charge is 2.47. The highest BCUT2D eigenvalue weighted by molar-refractivity contribution is 5.86. The summed E-state index contributed by atoms with van der Waals surface area (Å²) < 4.78 is 15.0. The lowest BCUT2D eigenvalue weighted by Gasteiger charge is -2.39. The Morgan fingerprint density at radius 3 is 2.71 bits per heavy atom. The monoisotopic (exact) mass is 237 g/mol. The molecule has 1 N–H and O–H groups in total. The summed E-state index contributed by atoms with van der Waals surface area (Å²) in [6.45, 7) is 0.633. The van der Waals surface area contributed by atoms with Gasteiger partial charge in [0.1, 0.15) is 5.75 Å². The minimum absolute atomic E-state index is 0.313. The number of nitrogens with one attached hydrogen (secondary N) is 1. The first kappa shape index (κ1) is 11.7. The minimum Gasteiger partial charge on any atom is -0.497 e. The van der Waals surface area contributed by atoms with Gasteiger partial charge < -0.3 is 19.5 Å². The van der Waals surface area contributed by atoms with Crippen molar-refractivity contribution in [2.24, 2.45) is 0 Å². The van der Waals surface area contributed by atoms with Crippen LogP contribution in [-0.4, -0.2) is 38.9 Å². The van der Waals surface area contributed by atoms with Crippen molar-refractivity contribution in [3.8, 4) is 5.75 Å². The number of carbonyl (C=O) groups is 1. The molecule has 17 heavy (non-hydrogen) atoms. The van der Waals surface area contributed by atoms with Crippen molar-refractivity contribution < 1.29 is 19.0 Å². The topological polar surface area (TPSA) is 56.8 Å². The van der Waals surface area contributed by atoms with Crippen molar-refractivity contribution in [2.75, 3.05) is 32.8 Å². The molecule has 0 spiro atoms. The molecule has 5 nitrogen and oxygen atoms in total.